The van der Waals surface area contributed by atoms with Crippen LogP contribution in [0, 0.1) is 5.92 Å². The van der Waals surface area contributed by atoms with Crippen molar-refractivity contribution in [2.24, 2.45) is 5.92 Å². The second-order valence-electron chi connectivity index (χ2n) is 3.77. The molecule has 1 aliphatic rings. The van der Waals surface area contributed by atoms with Gasteiger partial charge >= 0.3 is 6.18 Å². The molecule has 1 fully saturated rings. The van der Waals surface area contributed by atoms with Crippen LogP contribution in [0.1, 0.15) is 12.8 Å². The lowest BCUT2D eigenvalue weighted by molar-refractivity contribution is -0.209. The first-order chi connectivity index (χ1) is 7.01. The smallest absolute Gasteiger partial charge is 0.352 e. The van der Waals surface area contributed by atoms with Crippen LogP contribution in [0.5, 0.6) is 0 Å². The quantitative estimate of drug-likeness (QED) is 0.551. The van der Waals surface area contributed by atoms with Crippen molar-refractivity contribution in [1.29, 1.82) is 0 Å². The van der Waals surface area contributed by atoms with Crippen molar-refractivity contribution in [2.75, 3.05) is 27.0 Å². The molecule has 15 heavy (non-hydrogen) atoms. The Morgan fingerprint density at radius 3 is 2.53 bits per heavy atom. The van der Waals surface area contributed by atoms with E-state index in [9.17, 15) is 13.2 Å². The van der Waals surface area contributed by atoms with Gasteiger partial charge in [-0.25, -0.2) is 0 Å². The van der Waals surface area contributed by atoms with Crippen molar-refractivity contribution in [1.82, 2.24) is 5.32 Å². The molecule has 90 valence electrons. The zero-order valence-corrected chi connectivity index (χ0v) is 8.64. The molecular weight excluding hydrogens is 211 g/mol. The number of ether oxygens (including phenoxy) is 2. The van der Waals surface area contributed by atoms with Gasteiger partial charge in [0.25, 0.3) is 0 Å². The zero-order valence-electron chi connectivity index (χ0n) is 8.64. The van der Waals surface area contributed by atoms with Crippen molar-refractivity contribution in [3.05, 3.63) is 0 Å². The third kappa shape index (κ3) is 5.34. The number of rotatable bonds is 6. The van der Waals surface area contributed by atoms with E-state index in [0.29, 0.717) is 5.92 Å². The Morgan fingerprint density at radius 2 is 2.00 bits per heavy atom. The van der Waals surface area contributed by atoms with Gasteiger partial charge in [-0.05, 0) is 32.4 Å². The summed E-state index contributed by atoms with van der Waals surface area (Å²) in [4.78, 5) is 0. The molecule has 0 unspecified atom stereocenters. The van der Waals surface area contributed by atoms with Crippen LogP contribution in [-0.4, -0.2) is 39.3 Å². The molecule has 0 aromatic carbocycles. The molecule has 1 N–H and O–H groups in total. The van der Waals surface area contributed by atoms with Crippen molar-refractivity contribution in [3.63, 3.8) is 0 Å². The Bertz CT molecular complexity index is 181. The second kappa shape index (κ2) is 5.67. The minimum Gasteiger partial charge on any atom is -0.352 e. The fraction of sp³-hybridized carbons (Fsp3) is 1.00. The van der Waals surface area contributed by atoms with E-state index in [0.717, 1.165) is 19.4 Å². The van der Waals surface area contributed by atoms with E-state index in [1.807, 2.05) is 7.05 Å². The van der Waals surface area contributed by atoms with Crippen molar-refractivity contribution >= 4 is 0 Å². The molecule has 0 spiro atoms. The average Bonchev–Trinajstić information content (AvgIpc) is 2.05. The summed E-state index contributed by atoms with van der Waals surface area (Å²) in [7, 11) is 1.88. The van der Waals surface area contributed by atoms with Gasteiger partial charge < -0.3 is 14.8 Å². The van der Waals surface area contributed by atoms with Gasteiger partial charge in [0.1, 0.15) is 13.4 Å². The first-order valence-electron chi connectivity index (χ1n) is 4.92. The van der Waals surface area contributed by atoms with Crippen LogP contribution in [0.15, 0.2) is 0 Å². The van der Waals surface area contributed by atoms with E-state index in [-0.39, 0.29) is 12.9 Å². The van der Waals surface area contributed by atoms with E-state index in [1.165, 1.54) is 0 Å². The standard InChI is InChI=1S/C9H16F3NO2/c1-13-4-7-2-8(3-7)15-6-14-5-9(10,11)12/h7-8,13H,2-6H2,1H3. The highest BCUT2D eigenvalue weighted by atomic mass is 19.4. The maximum Gasteiger partial charge on any atom is 0.411 e. The van der Waals surface area contributed by atoms with Crippen LogP contribution in [0.2, 0.25) is 0 Å². The third-order valence-electron chi connectivity index (χ3n) is 2.34. The summed E-state index contributed by atoms with van der Waals surface area (Å²) in [6.07, 6.45) is -2.40. The molecule has 0 amide bonds. The molecule has 1 aliphatic carbocycles. The second-order valence-corrected chi connectivity index (χ2v) is 3.77. The van der Waals surface area contributed by atoms with Crippen LogP contribution >= 0.6 is 0 Å². The Balaban J connectivity index is 1.91. The lowest BCUT2D eigenvalue weighted by Gasteiger charge is -2.34. The lowest BCUT2D eigenvalue weighted by Crippen LogP contribution is -2.37. The fourth-order valence-electron chi connectivity index (χ4n) is 1.57. The lowest BCUT2D eigenvalue weighted by atomic mass is 9.82. The van der Waals surface area contributed by atoms with Crippen molar-refractivity contribution < 1.29 is 22.6 Å². The molecule has 0 saturated heterocycles. The monoisotopic (exact) mass is 227 g/mol. The molecule has 0 heterocycles. The molecule has 0 aromatic heterocycles. The van der Waals surface area contributed by atoms with E-state index < -0.39 is 12.8 Å². The molecule has 6 heteroatoms. The average molecular weight is 227 g/mol. The number of hydrogen-bond donors (Lipinski definition) is 1. The van der Waals surface area contributed by atoms with E-state index in [2.05, 4.69) is 10.1 Å². The summed E-state index contributed by atoms with van der Waals surface area (Å²) in [5, 5.41) is 3.04. The molecule has 0 aromatic rings. The molecule has 0 radical (unpaired) electrons. The van der Waals surface area contributed by atoms with Gasteiger partial charge in [-0.15, -0.1) is 0 Å². The van der Waals surface area contributed by atoms with Crippen LogP contribution < -0.4 is 5.32 Å². The highest BCUT2D eigenvalue weighted by Gasteiger charge is 2.30. The predicted octanol–water partition coefficient (Wildman–Crippen LogP) is 1.54. The predicted molar refractivity (Wildman–Crippen MR) is 48.4 cm³/mol. The van der Waals surface area contributed by atoms with Crippen LogP contribution in [0.3, 0.4) is 0 Å². The molecular formula is C9H16F3NO2. The van der Waals surface area contributed by atoms with Crippen molar-refractivity contribution in [2.45, 2.75) is 25.1 Å². The van der Waals surface area contributed by atoms with Crippen molar-refractivity contribution in [3.8, 4) is 0 Å². The third-order valence-corrected chi connectivity index (χ3v) is 2.34. The van der Waals surface area contributed by atoms with Gasteiger partial charge in [-0.3, -0.25) is 0 Å². The van der Waals surface area contributed by atoms with Crippen LogP contribution in [0.4, 0.5) is 13.2 Å². The Hall–Kier alpha value is -0.330. The minimum atomic E-state index is -4.27. The summed E-state index contributed by atoms with van der Waals surface area (Å²) in [6.45, 7) is -0.570. The molecule has 0 aliphatic heterocycles. The molecule has 0 bridgehead atoms. The topological polar surface area (TPSA) is 30.5 Å². The number of hydrogen-bond acceptors (Lipinski definition) is 3. The summed E-state index contributed by atoms with van der Waals surface area (Å²) in [5.41, 5.74) is 0. The number of nitrogens with one attached hydrogen (secondary N) is 1. The number of alkyl halides is 3. The summed E-state index contributed by atoms with van der Waals surface area (Å²) in [5.74, 6) is 0.586. The highest BCUT2D eigenvalue weighted by Crippen LogP contribution is 2.29. The van der Waals surface area contributed by atoms with Gasteiger partial charge in [0.2, 0.25) is 0 Å². The highest BCUT2D eigenvalue weighted by molar-refractivity contribution is 4.80. The van der Waals surface area contributed by atoms with Crippen LogP contribution in [-0.2, 0) is 9.47 Å². The summed E-state index contributed by atoms with van der Waals surface area (Å²) in [6, 6.07) is 0. The maximum atomic E-state index is 11.6. The molecule has 1 saturated carbocycles. The molecule has 1 rings (SSSR count). The largest absolute Gasteiger partial charge is 0.411 e. The van der Waals surface area contributed by atoms with Gasteiger partial charge in [0, 0.05) is 0 Å². The Morgan fingerprint density at radius 1 is 1.33 bits per heavy atom. The Labute approximate surface area is 86.9 Å². The fourth-order valence-corrected chi connectivity index (χ4v) is 1.57. The SMILES string of the molecule is CNCC1CC(OCOCC(F)(F)F)C1. The van der Waals surface area contributed by atoms with Gasteiger partial charge in [0.15, 0.2) is 0 Å². The molecule has 3 nitrogen and oxygen atoms in total. The van der Waals surface area contributed by atoms with Gasteiger partial charge in [-0.2, -0.15) is 13.2 Å². The number of halogens is 3. The van der Waals surface area contributed by atoms with E-state index >= 15 is 0 Å². The summed E-state index contributed by atoms with van der Waals surface area (Å²) < 4.78 is 44.4. The summed E-state index contributed by atoms with van der Waals surface area (Å²) >= 11 is 0. The first kappa shape index (κ1) is 12.7. The first-order valence-corrected chi connectivity index (χ1v) is 4.92. The Kier molecular flexibility index (Phi) is 4.82. The van der Waals surface area contributed by atoms with E-state index in [4.69, 9.17) is 4.74 Å². The molecule has 0 atom stereocenters. The zero-order chi connectivity index (χ0) is 11.3. The minimum absolute atomic E-state index is 0.0663. The van der Waals surface area contributed by atoms with Crippen LogP contribution in [0.25, 0.3) is 0 Å². The normalized spacial score (nSPS) is 26.4. The maximum absolute atomic E-state index is 11.6. The van der Waals surface area contributed by atoms with Gasteiger partial charge in [-0.1, -0.05) is 0 Å². The van der Waals surface area contributed by atoms with E-state index in [1.54, 1.807) is 0 Å². The van der Waals surface area contributed by atoms with Gasteiger partial charge in [0.05, 0.1) is 6.10 Å².